The average Bonchev–Trinajstić information content (AvgIpc) is 2.56. The van der Waals surface area contributed by atoms with Crippen molar-refractivity contribution in [1.82, 2.24) is 10.3 Å². The first-order valence-electron chi connectivity index (χ1n) is 6.71. The van der Waals surface area contributed by atoms with Crippen LogP contribution in [0.3, 0.4) is 0 Å². The Kier molecular flexibility index (Phi) is 4.87. The van der Waals surface area contributed by atoms with Crippen LogP contribution in [0.4, 0.5) is 0 Å². The van der Waals surface area contributed by atoms with Crippen LogP contribution < -0.4 is 10.1 Å². The van der Waals surface area contributed by atoms with Crippen molar-refractivity contribution in [3.8, 4) is 5.75 Å². The van der Waals surface area contributed by atoms with E-state index in [9.17, 15) is 4.79 Å². The minimum Gasteiger partial charge on any atom is -0.493 e. The Morgan fingerprint density at radius 3 is 2.65 bits per heavy atom. The molecule has 0 saturated heterocycles. The van der Waals surface area contributed by atoms with Gasteiger partial charge in [0.15, 0.2) is 0 Å². The van der Waals surface area contributed by atoms with Gasteiger partial charge >= 0.3 is 0 Å². The SMILES string of the molecule is O=C(NC1CCOc2ccccc21)c1nc(Cl)c(Cl)c(Cl)c1Cl. The predicted molar refractivity (Wildman–Crippen MR) is 91.0 cm³/mol. The van der Waals surface area contributed by atoms with Gasteiger partial charge in [0.25, 0.3) is 5.91 Å². The fraction of sp³-hybridized carbons (Fsp3) is 0.200. The van der Waals surface area contributed by atoms with E-state index in [2.05, 4.69) is 10.3 Å². The number of rotatable bonds is 2. The van der Waals surface area contributed by atoms with Gasteiger partial charge < -0.3 is 10.1 Å². The topological polar surface area (TPSA) is 51.2 Å². The van der Waals surface area contributed by atoms with Crippen LogP contribution in [0.15, 0.2) is 24.3 Å². The molecule has 120 valence electrons. The molecule has 0 radical (unpaired) electrons. The molecule has 1 N–H and O–H groups in total. The van der Waals surface area contributed by atoms with Crippen LogP contribution in [0.2, 0.25) is 20.2 Å². The van der Waals surface area contributed by atoms with Gasteiger partial charge in [-0.25, -0.2) is 4.98 Å². The van der Waals surface area contributed by atoms with Crippen LogP contribution in [0.5, 0.6) is 5.75 Å². The maximum absolute atomic E-state index is 12.5. The summed E-state index contributed by atoms with van der Waals surface area (Å²) in [5, 5.41) is 2.81. The van der Waals surface area contributed by atoms with Crippen molar-refractivity contribution in [2.45, 2.75) is 12.5 Å². The summed E-state index contributed by atoms with van der Waals surface area (Å²) in [6.45, 7) is 0.505. The molecule has 0 saturated carbocycles. The molecule has 1 aliphatic heterocycles. The van der Waals surface area contributed by atoms with Crippen molar-refractivity contribution < 1.29 is 9.53 Å². The number of fused-ring (bicyclic) bond motifs is 1. The highest BCUT2D eigenvalue weighted by Crippen LogP contribution is 2.37. The number of hydrogen-bond donors (Lipinski definition) is 1. The lowest BCUT2D eigenvalue weighted by Crippen LogP contribution is -2.32. The Hall–Kier alpha value is -1.20. The third-order valence-corrected chi connectivity index (χ3v) is 5.14. The average molecular weight is 392 g/mol. The molecule has 1 unspecified atom stereocenters. The van der Waals surface area contributed by atoms with E-state index >= 15 is 0 Å². The molecule has 1 aromatic carbocycles. The summed E-state index contributed by atoms with van der Waals surface area (Å²) in [6.07, 6.45) is 0.634. The quantitative estimate of drug-likeness (QED) is 0.737. The van der Waals surface area contributed by atoms with Crippen molar-refractivity contribution in [2.75, 3.05) is 6.61 Å². The van der Waals surface area contributed by atoms with Crippen LogP contribution in [0.1, 0.15) is 28.5 Å². The van der Waals surface area contributed by atoms with Crippen molar-refractivity contribution in [2.24, 2.45) is 0 Å². The Morgan fingerprint density at radius 1 is 1.13 bits per heavy atom. The molecule has 3 rings (SSSR count). The van der Waals surface area contributed by atoms with E-state index in [-0.39, 0.29) is 32.0 Å². The Balaban J connectivity index is 1.89. The summed E-state index contributed by atoms with van der Waals surface area (Å²) in [7, 11) is 0. The Bertz CT molecular complexity index is 782. The third kappa shape index (κ3) is 3.22. The van der Waals surface area contributed by atoms with E-state index in [1.807, 2.05) is 24.3 Å². The minimum absolute atomic E-state index is 0.00543. The largest absolute Gasteiger partial charge is 0.493 e. The minimum atomic E-state index is -0.475. The van der Waals surface area contributed by atoms with Gasteiger partial charge in [-0.05, 0) is 6.07 Å². The number of amides is 1. The summed E-state index contributed by atoms with van der Waals surface area (Å²) < 4.78 is 5.57. The zero-order chi connectivity index (χ0) is 16.6. The van der Waals surface area contributed by atoms with Gasteiger partial charge in [-0.2, -0.15) is 0 Å². The van der Waals surface area contributed by atoms with E-state index < -0.39 is 5.91 Å². The molecule has 0 fully saturated rings. The van der Waals surface area contributed by atoms with Crippen molar-refractivity contribution in [3.63, 3.8) is 0 Å². The first kappa shape index (κ1) is 16.7. The maximum Gasteiger partial charge on any atom is 0.272 e. The smallest absolute Gasteiger partial charge is 0.272 e. The highest BCUT2D eigenvalue weighted by atomic mass is 35.5. The van der Waals surface area contributed by atoms with Crippen LogP contribution in [0, 0.1) is 0 Å². The normalized spacial score (nSPS) is 16.4. The highest BCUT2D eigenvalue weighted by molar-refractivity contribution is 6.52. The number of halogens is 4. The Morgan fingerprint density at radius 2 is 1.87 bits per heavy atom. The number of pyridine rings is 1. The Labute approximate surface area is 152 Å². The van der Waals surface area contributed by atoms with Gasteiger partial charge in [0, 0.05) is 12.0 Å². The summed E-state index contributed by atoms with van der Waals surface area (Å²) >= 11 is 23.8. The monoisotopic (exact) mass is 390 g/mol. The molecule has 1 aliphatic rings. The van der Waals surface area contributed by atoms with Gasteiger partial charge in [-0.3, -0.25) is 4.79 Å². The predicted octanol–water partition coefficient (Wildman–Crippen LogP) is 4.95. The second kappa shape index (κ2) is 6.73. The molecule has 23 heavy (non-hydrogen) atoms. The lowest BCUT2D eigenvalue weighted by atomic mass is 10.0. The molecular formula is C15H10Cl4N2O2. The number of nitrogens with one attached hydrogen (secondary N) is 1. The number of carbonyl (C=O) groups is 1. The molecule has 0 aliphatic carbocycles. The highest BCUT2D eigenvalue weighted by Gasteiger charge is 2.26. The second-order valence-corrected chi connectivity index (χ2v) is 6.39. The molecule has 1 atom stereocenters. The number of aromatic nitrogens is 1. The van der Waals surface area contributed by atoms with E-state index in [0.29, 0.717) is 13.0 Å². The number of benzene rings is 1. The third-order valence-electron chi connectivity index (χ3n) is 3.46. The van der Waals surface area contributed by atoms with Crippen LogP contribution >= 0.6 is 46.4 Å². The van der Waals surface area contributed by atoms with Gasteiger partial charge in [-0.1, -0.05) is 64.6 Å². The van der Waals surface area contributed by atoms with E-state index in [4.69, 9.17) is 51.1 Å². The van der Waals surface area contributed by atoms with E-state index in [0.717, 1.165) is 11.3 Å². The summed E-state index contributed by atoms with van der Waals surface area (Å²) in [4.78, 5) is 16.4. The first-order chi connectivity index (χ1) is 11.0. The van der Waals surface area contributed by atoms with Crippen molar-refractivity contribution in [1.29, 1.82) is 0 Å². The molecule has 2 aromatic rings. The number of ether oxygens (including phenoxy) is 1. The zero-order valence-electron chi connectivity index (χ0n) is 11.6. The van der Waals surface area contributed by atoms with Gasteiger partial charge in [0.1, 0.15) is 16.6 Å². The molecule has 1 aromatic heterocycles. The molecule has 0 bridgehead atoms. The molecule has 0 spiro atoms. The molecular weight excluding hydrogens is 382 g/mol. The standard InChI is InChI=1S/C15H10Cl4N2O2/c16-10-11(17)13(21-14(19)12(10)18)15(22)20-8-5-6-23-9-4-2-1-3-7(8)9/h1-4,8H,5-6H2,(H,20,22). The number of hydrogen-bond acceptors (Lipinski definition) is 3. The summed E-state index contributed by atoms with van der Waals surface area (Å²) in [5.41, 5.74) is 0.837. The van der Waals surface area contributed by atoms with E-state index in [1.54, 1.807) is 0 Å². The molecule has 2 heterocycles. The van der Waals surface area contributed by atoms with Crippen molar-refractivity contribution in [3.05, 3.63) is 55.7 Å². The van der Waals surface area contributed by atoms with Crippen LogP contribution in [-0.2, 0) is 0 Å². The lowest BCUT2D eigenvalue weighted by molar-refractivity contribution is 0.0920. The molecule has 1 amide bonds. The fourth-order valence-electron chi connectivity index (χ4n) is 2.36. The molecule has 4 nitrogen and oxygen atoms in total. The van der Waals surface area contributed by atoms with Gasteiger partial charge in [0.2, 0.25) is 0 Å². The van der Waals surface area contributed by atoms with Gasteiger partial charge in [-0.15, -0.1) is 0 Å². The number of para-hydroxylation sites is 1. The van der Waals surface area contributed by atoms with Crippen LogP contribution in [-0.4, -0.2) is 17.5 Å². The second-order valence-electron chi connectivity index (χ2n) is 4.89. The summed E-state index contributed by atoms with van der Waals surface area (Å²) in [5.74, 6) is 0.271. The first-order valence-corrected chi connectivity index (χ1v) is 8.22. The van der Waals surface area contributed by atoms with Gasteiger partial charge in [0.05, 0.1) is 27.7 Å². The van der Waals surface area contributed by atoms with Crippen LogP contribution in [0.25, 0.3) is 0 Å². The van der Waals surface area contributed by atoms with Crippen molar-refractivity contribution >= 4 is 52.3 Å². The number of nitrogens with zero attached hydrogens (tertiary/aromatic N) is 1. The molecule has 8 heteroatoms. The zero-order valence-corrected chi connectivity index (χ0v) is 14.6. The van der Waals surface area contributed by atoms with E-state index in [1.165, 1.54) is 0 Å². The fourth-order valence-corrected chi connectivity index (χ4v) is 3.17. The maximum atomic E-state index is 12.5. The number of carbonyl (C=O) groups excluding carboxylic acids is 1. The summed E-state index contributed by atoms with van der Waals surface area (Å²) in [6, 6.07) is 7.30. The lowest BCUT2D eigenvalue weighted by Gasteiger charge is -2.26.